The summed E-state index contributed by atoms with van der Waals surface area (Å²) in [6.45, 7) is 2.15. The van der Waals surface area contributed by atoms with Crippen LogP contribution in [-0.4, -0.2) is 14.5 Å². The van der Waals surface area contributed by atoms with Crippen LogP contribution in [0.25, 0.3) is 78.3 Å². The van der Waals surface area contributed by atoms with Crippen molar-refractivity contribution in [3.8, 4) is 45.3 Å². The lowest BCUT2D eigenvalue weighted by molar-refractivity contribution is -0.634. The van der Waals surface area contributed by atoms with Gasteiger partial charge in [-0.15, -0.1) is 0 Å². The van der Waals surface area contributed by atoms with Gasteiger partial charge in [-0.25, -0.2) is 19.1 Å². The molecule has 5 aromatic carbocycles. The van der Waals surface area contributed by atoms with Gasteiger partial charge in [0, 0.05) is 27.5 Å². The Morgan fingerprint density at radius 2 is 1.30 bits per heavy atom. The fourth-order valence-electron chi connectivity index (χ4n) is 6.26. The van der Waals surface area contributed by atoms with Crippen molar-refractivity contribution in [3.63, 3.8) is 0 Å². The SMILES string of the molecule is Cc1ccc2c(oc3cc(-c4cc(-c5ccccc5)nc(-c5ccccc5)n4)ccc32)c1-c1n(C)c2ccccc2[n+]1C. The molecular formula is C38H29N4O+. The van der Waals surface area contributed by atoms with Crippen molar-refractivity contribution < 1.29 is 8.98 Å². The van der Waals surface area contributed by atoms with Gasteiger partial charge in [-0.2, -0.15) is 0 Å². The van der Waals surface area contributed by atoms with Crippen LogP contribution in [0.1, 0.15) is 5.56 Å². The Bertz CT molecular complexity index is 2220. The van der Waals surface area contributed by atoms with E-state index >= 15 is 0 Å². The van der Waals surface area contributed by atoms with Crippen LogP contribution in [0.3, 0.4) is 0 Å². The van der Waals surface area contributed by atoms with Gasteiger partial charge in [0.25, 0.3) is 5.82 Å². The van der Waals surface area contributed by atoms with Crippen LogP contribution in [0.15, 0.2) is 126 Å². The fourth-order valence-corrected chi connectivity index (χ4v) is 6.26. The lowest BCUT2D eigenvalue weighted by Gasteiger charge is -2.09. The zero-order valence-corrected chi connectivity index (χ0v) is 24.2. The number of hydrogen-bond donors (Lipinski definition) is 0. The summed E-state index contributed by atoms with van der Waals surface area (Å²) in [5.41, 5.74) is 11.1. The van der Waals surface area contributed by atoms with Crippen LogP contribution in [0.5, 0.6) is 0 Å². The first-order valence-electron chi connectivity index (χ1n) is 14.5. The van der Waals surface area contributed by atoms with Gasteiger partial charge < -0.3 is 4.42 Å². The van der Waals surface area contributed by atoms with Crippen LogP contribution < -0.4 is 4.57 Å². The maximum Gasteiger partial charge on any atom is 0.293 e. The van der Waals surface area contributed by atoms with Gasteiger partial charge in [0.05, 0.1) is 25.5 Å². The number of aromatic nitrogens is 4. The van der Waals surface area contributed by atoms with Crippen molar-refractivity contribution in [2.24, 2.45) is 14.1 Å². The number of hydrogen-bond acceptors (Lipinski definition) is 3. The summed E-state index contributed by atoms with van der Waals surface area (Å²) < 4.78 is 11.3. The van der Waals surface area contributed by atoms with Gasteiger partial charge in [-0.3, -0.25) is 0 Å². The second kappa shape index (κ2) is 9.78. The Morgan fingerprint density at radius 3 is 2.05 bits per heavy atom. The molecule has 0 aliphatic heterocycles. The molecular weight excluding hydrogens is 528 g/mol. The van der Waals surface area contributed by atoms with Crippen LogP contribution in [0.2, 0.25) is 0 Å². The van der Waals surface area contributed by atoms with E-state index in [0.29, 0.717) is 5.82 Å². The molecule has 0 saturated heterocycles. The zero-order chi connectivity index (χ0) is 29.1. The monoisotopic (exact) mass is 557 g/mol. The predicted octanol–water partition coefficient (Wildman–Crippen LogP) is 8.67. The summed E-state index contributed by atoms with van der Waals surface area (Å²) in [6, 6.07) is 41.7. The highest BCUT2D eigenvalue weighted by Crippen LogP contribution is 2.39. The minimum Gasteiger partial charge on any atom is -0.455 e. The van der Waals surface area contributed by atoms with Crippen molar-refractivity contribution in [2.75, 3.05) is 0 Å². The lowest BCUT2D eigenvalue weighted by atomic mass is 10.0. The summed E-state index contributed by atoms with van der Waals surface area (Å²) >= 11 is 0. The third-order valence-electron chi connectivity index (χ3n) is 8.44. The molecule has 0 amide bonds. The van der Waals surface area contributed by atoms with E-state index in [0.717, 1.165) is 61.4 Å². The first-order chi connectivity index (χ1) is 21.1. The summed E-state index contributed by atoms with van der Waals surface area (Å²) in [5.74, 6) is 1.81. The molecule has 0 radical (unpaired) electrons. The van der Waals surface area contributed by atoms with Crippen LogP contribution in [0.4, 0.5) is 0 Å². The molecule has 0 fully saturated rings. The molecule has 206 valence electrons. The highest BCUT2D eigenvalue weighted by molar-refractivity contribution is 6.10. The second-order valence-electron chi connectivity index (χ2n) is 11.1. The summed E-state index contributed by atoms with van der Waals surface area (Å²) in [7, 11) is 4.25. The fraction of sp³-hybridized carbons (Fsp3) is 0.0789. The van der Waals surface area contributed by atoms with Gasteiger partial charge in [0.2, 0.25) is 0 Å². The maximum absolute atomic E-state index is 6.75. The molecule has 0 aliphatic carbocycles. The topological polar surface area (TPSA) is 47.7 Å². The largest absolute Gasteiger partial charge is 0.455 e. The number of aryl methyl sites for hydroxylation is 3. The van der Waals surface area contributed by atoms with Crippen molar-refractivity contribution in [3.05, 3.63) is 127 Å². The molecule has 0 unspecified atom stereocenters. The average Bonchev–Trinajstić information content (AvgIpc) is 3.55. The normalized spacial score (nSPS) is 11.6. The molecule has 5 heteroatoms. The summed E-state index contributed by atoms with van der Waals surface area (Å²) in [6.07, 6.45) is 0. The number of nitrogens with zero attached hydrogens (tertiary/aromatic N) is 4. The summed E-state index contributed by atoms with van der Waals surface area (Å²) in [4.78, 5) is 9.97. The number of para-hydroxylation sites is 2. The number of fused-ring (bicyclic) bond motifs is 4. The van der Waals surface area contributed by atoms with Gasteiger partial charge in [-0.1, -0.05) is 91.0 Å². The highest BCUT2D eigenvalue weighted by Gasteiger charge is 2.27. The second-order valence-corrected chi connectivity index (χ2v) is 11.1. The van der Waals surface area contributed by atoms with Crippen LogP contribution in [-0.2, 0) is 14.1 Å². The Hall–Kier alpha value is -5.55. The Labute approximate surface area is 249 Å². The van der Waals surface area contributed by atoms with E-state index in [1.807, 2.05) is 48.5 Å². The van der Waals surface area contributed by atoms with Crippen molar-refractivity contribution in [1.82, 2.24) is 14.5 Å². The minimum atomic E-state index is 0.697. The molecule has 8 rings (SSSR count). The van der Waals surface area contributed by atoms with E-state index in [1.54, 1.807) is 0 Å². The van der Waals surface area contributed by atoms with Crippen molar-refractivity contribution >= 4 is 33.0 Å². The molecule has 8 aromatic rings. The third-order valence-corrected chi connectivity index (χ3v) is 8.44. The van der Waals surface area contributed by atoms with E-state index in [9.17, 15) is 0 Å². The third kappa shape index (κ3) is 4.04. The first-order valence-corrected chi connectivity index (χ1v) is 14.5. The number of imidazole rings is 1. The molecule has 0 atom stereocenters. The quantitative estimate of drug-likeness (QED) is 0.203. The van der Waals surface area contributed by atoms with E-state index in [-0.39, 0.29) is 0 Å². The minimum absolute atomic E-state index is 0.697. The van der Waals surface area contributed by atoms with Gasteiger partial charge in [-0.05, 0) is 42.8 Å². The molecule has 3 aromatic heterocycles. The maximum atomic E-state index is 6.75. The average molecular weight is 558 g/mol. The van der Waals surface area contributed by atoms with E-state index in [1.165, 1.54) is 16.6 Å². The Morgan fingerprint density at radius 1 is 0.651 bits per heavy atom. The molecule has 43 heavy (non-hydrogen) atoms. The first kappa shape index (κ1) is 25.2. The van der Waals surface area contributed by atoms with Crippen LogP contribution >= 0.6 is 0 Å². The van der Waals surface area contributed by atoms with E-state index in [2.05, 4.69) is 103 Å². The van der Waals surface area contributed by atoms with Crippen LogP contribution in [0, 0.1) is 6.92 Å². The highest BCUT2D eigenvalue weighted by atomic mass is 16.3. The molecule has 0 bridgehead atoms. The smallest absolute Gasteiger partial charge is 0.293 e. The van der Waals surface area contributed by atoms with Crippen molar-refractivity contribution in [2.45, 2.75) is 6.92 Å². The van der Waals surface area contributed by atoms with Gasteiger partial charge >= 0.3 is 0 Å². The van der Waals surface area contributed by atoms with Gasteiger partial charge in [0.15, 0.2) is 22.4 Å². The molecule has 5 nitrogen and oxygen atoms in total. The predicted molar refractivity (Wildman–Crippen MR) is 173 cm³/mol. The number of rotatable bonds is 4. The Kier molecular flexibility index (Phi) is 5.73. The lowest BCUT2D eigenvalue weighted by Crippen LogP contribution is -2.30. The molecule has 0 N–H and O–H groups in total. The number of benzene rings is 5. The molecule has 3 heterocycles. The summed E-state index contributed by atoms with van der Waals surface area (Å²) in [5, 5.41) is 2.19. The number of furan rings is 1. The standard InChI is InChI=1S/C38H29N4O/c1-24-18-20-29-28-21-19-27(22-34(28)43-36(29)35(24)38-41(2)32-16-10-11-17-33(32)42(38)3)31-23-30(25-12-6-4-7-13-25)39-37(40-31)26-14-8-5-9-15-26/h4-23H,1-3H3/q+1. The van der Waals surface area contributed by atoms with Gasteiger partial charge in [0.1, 0.15) is 11.1 Å². The van der Waals surface area contributed by atoms with E-state index < -0.39 is 0 Å². The molecule has 0 spiro atoms. The van der Waals surface area contributed by atoms with Crippen molar-refractivity contribution in [1.29, 1.82) is 0 Å². The Balaban J connectivity index is 1.33. The molecule has 0 saturated carbocycles. The molecule has 0 aliphatic rings. The van der Waals surface area contributed by atoms with E-state index in [4.69, 9.17) is 14.4 Å². The zero-order valence-electron chi connectivity index (χ0n) is 24.2.